The van der Waals surface area contributed by atoms with Crippen LogP contribution in [0.2, 0.25) is 0 Å². The third-order valence-corrected chi connectivity index (χ3v) is 3.79. The fourth-order valence-corrected chi connectivity index (χ4v) is 2.66. The molecule has 0 fully saturated rings. The standard InChI is InChI=1S/C14H12Br2N2O2/c1-9-2-4-12(11(16)6-9)17-13(19)8-18-7-10(15)3-5-14(18)20/h2-7H,8H2,1H3,(H,17,19). The van der Waals surface area contributed by atoms with Gasteiger partial charge in [0.1, 0.15) is 6.54 Å². The average Bonchev–Trinajstić information content (AvgIpc) is 2.37. The van der Waals surface area contributed by atoms with Crippen LogP contribution >= 0.6 is 31.9 Å². The molecule has 0 spiro atoms. The largest absolute Gasteiger partial charge is 0.324 e. The topological polar surface area (TPSA) is 51.1 Å². The normalized spacial score (nSPS) is 10.3. The third kappa shape index (κ3) is 3.80. The molecule has 0 unspecified atom stereocenters. The number of aromatic nitrogens is 1. The number of anilines is 1. The quantitative estimate of drug-likeness (QED) is 0.860. The Kier molecular flexibility index (Phi) is 4.77. The van der Waals surface area contributed by atoms with Gasteiger partial charge in [-0.15, -0.1) is 0 Å². The zero-order chi connectivity index (χ0) is 14.7. The second kappa shape index (κ2) is 6.37. The van der Waals surface area contributed by atoms with E-state index in [2.05, 4.69) is 37.2 Å². The fraction of sp³-hybridized carbons (Fsp3) is 0.143. The number of nitrogens with one attached hydrogen (secondary N) is 1. The van der Waals surface area contributed by atoms with E-state index in [4.69, 9.17) is 0 Å². The number of halogens is 2. The lowest BCUT2D eigenvalue weighted by atomic mass is 10.2. The highest BCUT2D eigenvalue weighted by molar-refractivity contribution is 9.10. The SMILES string of the molecule is Cc1ccc(NC(=O)Cn2cc(Br)ccc2=O)c(Br)c1. The van der Waals surface area contributed by atoms with Gasteiger partial charge in [-0.05, 0) is 62.5 Å². The Morgan fingerprint density at radius 3 is 2.70 bits per heavy atom. The molecule has 104 valence electrons. The Morgan fingerprint density at radius 2 is 2.00 bits per heavy atom. The van der Waals surface area contributed by atoms with Gasteiger partial charge in [-0.1, -0.05) is 6.07 Å². The predicted octanol–water partition coefficient (Wildman–Crippen LogP) is 3.32. The van der Waals surface area contributed by atoms with Gasteiger partial charge in [-0.25, -0.2) is 0 Å². The number of aryl methyl sites for hydroxylation is 1. The van der Waals surface area contributed by atoms with E-state index in [1.165, 1.54) is 10.6 Å². The molecular weight excluding hydrogens is 388 g/mol. The van der Waals surface area contributed by atoms with Crippen LogP contribution in [-0.4, -0.2) is 10.5 Å². The van der Waals surface area contributed by atoms with E-state index in [0.29, 0.717) is 5.69 Å². The minimum atomic E-state index is -0.255. The molecule has 1 amide bonds. The van der Waals surface area contributed by atoms with Gasteiger partial charge in [0.05, 0.1) is 5.69 Å². The van der Waals surface area contributed by atoms with Crippen LogP contribution in [0.3, 0.4) is 0 Å². The van der Waals surface area contributed by atoms with Crippen molar-refractivity contribution in [2.75, 3.05) is 5.32 Å². The van der Waals surface area contributed by atoms with Gasteiger partial charge in [-0.3, -0.25) is 9.59 Å². The van der Waals surface area contributed by atoms with Crippen molar-refractivity contribution >= 4 is 43.5 Å². The molecule has 4 nitrogen and oxygen atoms in total. The van der Waals surface area contributed by atoms with E-state index < -0.39 is 0 Å². The zero-order valence-corrected chi connectivity index (χ0v) is 13.9. The van der Waals surface area contributed by atoms with Gasteiger partial charge in [0.15, 0.2) is 0 Å². The van der Waals surface area contributed by atoms with E-state index in [1.54, 1.807) is 12.3 Å². The van der Waals surface area contributed by atoms with Crippen molar-refractivity contribution in [1.82, 2.24) is 4.57 Å². The van der Waals surface area contributed by atoms with Crippen molar-refractivity contribution in [2.45, 2.75) is 13.5 Å². The average molecular weight is 400 g/mol. The monoisotopic (exact) mass is 398 g/mol. The van der Waals surface area contributed by atoms with Crippen LogP contribution in [0.1, 0.15) is 5.56 Å². The number of amides is 1. The van der Waals surface area contributed by atoms with Crippen molar-refractivity contribution in [3.05, 3.63) is 61.4 Å². The third-order valence-electron chi connectivity index (χ3n) is 2.66. The minimum Gasteiger partial charge on any atom is -0.324 e. The molecule has 1 N–H and O–H groups in total. The smallest absolute Gasteiger partial charge is 0.251 e. The Hall–Kier alpha value is -1.40. The van der Waals surface area contributed by atoms with Crippen molar-refractivity contribution in [2.24, 2.45) is 0 Å². The van der Waals surface area contributed by atoms with Gasteiger partial charge in [-0.2, -0.15) is 0 Å². The number of benzene rings is 1. The molecule has 0 aliphatic rings. The highest BCUT2D eigenvalue weighted by Crippen LogP contribution is 2.23. The summed E-state index contributed by atoms with van der Waals surface area (Å²) in [6, 6.07) is 8.71. The fourth-order valence-electron chi connectivity index (χ4n) is 1.69. The number of pyridine rings is 1. The molecule has 0 bridgehead atoms. The summed E-state index contributed by atoms with van der Waals surface area (Å²) in [7, 11) is 0. The summed E-state index contributed by atoms with van der Waals surface area (Å²) in [4.78, 5) is 23.6. The van der Waals surface area contributed by atoms with Crippen LogP contribution in [0, 0.1) is 6.92 Å². The molecular formula is C14H12Br2N2O2. The summed E-state index contributed by atoms with van der Waals surface area (Å²) < 4.78 is 2.91. The van der Waals surface area contributed by atoms with E-state index in [9.17, 15) is 9.59 Å². The van der Waals surface area contributed by atoms with Gasteiger partial charge in [0.2, 0.25) is 5.91 Å². The van der Waals surface area contributed by atoms with Gasteiger partial charge in [0, 0.05) is 21.2 Å². The molecule has 1 aromatic heterocycles. The first-order chi connectivity index (χ1) is 9.45. The van der Waals surface area contributed by atoms with E-state index in [1.807, 2.05) is 25.1 Å². The first-order valence-electron chi connectivity index (χ1n) is 5.88. The molecule has 2 aromatic rings. The second-order valence-electron chi connectivity index (χ2n) is 4.34. The summed E-state index contributed by atoms with van der Waals surface area (Å²) in [6.07, 6.45) is 1.59. The number of carbonyl (C=O) groups excluding carboxylic acids is 1. The number of hydrogen-bond donors (Lipinski definition) is 1. The number of nitrogens with zero attached hydrogens (tertiary/aromatic N) is 1. The van der Waals surface area contributed by atoms with Crippen LogP contribution < -0.4 is 10.9 Å². The summed E-state index contributed by atoms with van der Waals surface area (Å²) >= 11 is 6.67. The van der Waals surface area contributed by atoms with Crippen molar-refractivity contribution < 1.29 is 4.79 Å². The van der Waals surface area contributed by atoms with Gasteiger partial charge < -0.3 is 9.88 Å². The van der Waals surface area contributed by atoms with Gasteiger partial charge in [0.25, 0.3) is 5.56 Å². The molecule has 6 heteroatoms. The molecule has 0 radical (unpaired) electrons. The summed E-state index contributed by atoms with van der Waals surface area (Å²) in [5.74, 6) is -0.255. The second-order valence-corrected chi connectivity index (χ2v) is 6.11. The Bertz CT molecular complexity index is 711. The molecule has 0 aliphatic carbocycles. The molecule has 1 aromatic carbocycles. The maximum atomic E-state index is 12.0. The Labute approximate surface area is 133 Å². The van der Waals surface area contributed by atoms with Crippen molar-refractivity contribution in [3.8, 4) is 0 Å². The number of carbonyl (C=O) groups is 1. The Morgan fingerprint density at radius 1 is 1.25 bits per heavy atom. The van der Waals surface area contributed by atoms with E-state index in [0.717, 1.165) is 14.5 Å². The van der Waals surface area contributed by atoms with E-state index >= 15 is 0 Å². The van der Waals surface area contributed by atoms with Gasteiger partial charge >= 0.3 is 0 Å². The minimum absolute atomic E-state index is 0.0292. The molecule has 0 aliphatic heterocycles. The van der Waals surface area contributed by atoms with Crippen LogP contribution in [0.5, 0.6) is 0 Å². The van der Waals surface area contributed by atoms with E-state index in [-0.39, 0.29) is 18.0 Å². The van der Waals surface area contributed by atoms with Crippen LogP contribution in [0.25, 0.3) is 0 Å². The maximum absolute atomic E-state index is 12.0. The number of rotatable bonds is 3. The lowest BCUT2D eigenvalue weighted by Gasteiger charge is -2.09. The summed E-state index contributed by atoms with van der Waals surface area (Å²) in [6.45, 7) is 1.94. The predicted molar refractivity (Wildman–Crippen MR) is 85.9 cm³/mol. The zero-order valence-electron chi connectivity index (χ0n) is 10.7. The first-order valence-corrected chi connectivity index (χ1v) is 7.46. The Balaban J connectivity index is 2.13. The van der Waals surface area contributed by atoms with Crippen LogP contribution in [-0.2, 0) is 11.3 Å². The van der Waals surface area contributed by atoms with Crippen molar-refractivity contribution in [3.63, 3.8) is 0 Å². The molecule has 0 saturated heterocycles. The highest BCUT2D eigenvalue weighted by atomic mass is 79.9. The molecule has 0 saturated carbocycles. The lowest BCUT2D eigenvalue weighted by Crippen LogP contribution is -2.26. The lowest BCUT2D eigenvalue weighted by molar-refractivity contribution is -0.116. The van der Waals surface area contributed by atoms with Crippen LogP contribution in [0.15, 0.2) is 50.3 Å². The molecule has 0 atom stereocenters. The van der Waals surface area contributed by atoms with Crippen LogP contribution in [0.4, 0.5) is 5.69 Å². The maximum Gasteiger partial charge on any atom is 0.251 e. The number of hydrogen-bond acceptors (Lipinski definition) is 2. The highest BCUT2D eigenvalue weighted by Gasteiger charge is 2.07. The summed E-state index contributed by atoms with van der Waals surface area (Å²) in [5.41, 5.74) is 1.56. The summed E-state index contributed by atoms with van der Waals surface area (Å²) in [5, 5.41) is 2.77. The molecule has 1 heterocycles. The first kappa shape index (κ1) is 15.0. The van der Waals surface area contributed by atoms with Crippen molar-refractivity contribution in [1.29, 1.82) is 0 Å². The molecule has 20 heavy (non-hydrogen) atoms. The molecule has 2 rings (SSSR count).